The predicted molar refractivity (Wildman–Crippen MR) is 88.3 cm³/mol. The standard InChI is InChI=1S/C12H12ClNO2.2C2H6/c1-6-7(2)14-10-5-11(16-3)9(13)4-8(10)12(6)15;2*1-2/h4-5H,1-3H3,(H,14,15);2*1-2H3. The lowest BCUT2D eigenvalue weighted by atomic mass is 10.1. The summed E-state index contributed by atoms with van der Waals surface area (Å²) in [5.41, 5.74) is 2.33. The minimum absolute atomic E-state index is 0.0100. The zero-order chi connectivity index (χ0) is 15.9. The van der Waals surface area contributed by atoms with E-state index in [1.165, 1.54) is 0 Å². The molecule has 2 aromatic rings. The van der Waals surface area contributed by atoms with Crippen LogP contribution in [0.4, 0.5) is 0 Å². The van der Waals surface area contributed by atoms with Gasteiger partial charge in [-0.2, -0.15) is 0 Å². The first kappa shape index (κ1) is 18.5. The molecule has 0 unspecified atom stereocenters. The van der Waals surface area contributed by atoms with Gasteiger partial charge in [0.2, 0.25) is 0 Å². The summed E-state index contributed by atoms with van der Waals surface area (Å²) < 4.78 is 5.11. The number of hydrogen-bond donors (Lipinski definition) is 1. The van der Waals surface area contributed by atoms with Crippen molar-refractivity contribution < 1.29 is 4.74 Å². The number of rotatable bonds is 1. The van der Waals surface area contributed by atoms with Crippen molar-refractivity contribution in [1.29, 1.82) is 0 Å². The topological polar surface area (TPSA) is 42.1 Å². The van der Waals surface area contributed by atoms with E-state index in [2.05, 4.69) is 4.98 Å². The third-order valence-electron chi connectivity index (χ3n) is 2.76. The molecule has 1 aromatic carbocycles. The number of aryl methyl sites for hydroxylation is 1. The van der Waals surface area contributed by atoms with Gasteiger partial charge in [-0.1, -0.05) is 39.3 Å². The first-order chi connectivity index (χ1) is 9.54. The molecule has 0 aliphatic carbocycles. The first-order valence-electron chi connectivity index (χ1n) is 6.91. The Kier molecular flexibility index (Phi) is 8.00. The summed E-state index contributed by atoms with van der Waals surface area (Å²) in [5, 5.41) is 1.04. The van der Waals surface area contributed by atoms with Crippen LogP contribution in [0.15, 0.2) is 16.9 Å². The number of ether oxygens (including phenoxy) is 1. The van der Waals surface area contributed by atoms with Crippen molar-refractivity contribution in [1.82, 2.24) is 4.98 Å². The highest BCUT2D eigenvalue weighted by atomic mass is 35.5. The van der Waals surface area contributed by atoms with E-state index in [0.29, 0.717) is 21.7 Å². The molecular weight excluding hydrogens is 274 g/mol. The second-order valence-electron chi connectivity index (χ2n) is 3.74. The van der Waals surface area contributed by atoms with Crippen LogP contribution in [0.5, 0.6) is 5.75 Å². The molecule has 0 fully saturated rings. The molecule has 0 bridgehead atoms. The zero-order valence-electron chi connectivity index (χ0n) is 13.3. The van der Waals surface area contributed by atoms with Gasteiger partial charge in [0.05, 0.1) is 17.6 Å². The van der Waals surface area contributed by atoms with Crippen LogP contribution in [0.2, 0.25) is 5.02 Å². The van der Waals surface area contributed by atoms with Crippen molar-refractivity contribution in [3.05, 3.63) is 38.6 Å². The molecule has 20 heavy (non-hydrogen) atoms. The van der Waals surface area contributed by atoms with E-state index in [0.717, 1.165) is 11.2 Å². The maximum absolute atomic E-state index is 12.0. The summed E-state index contributed by atoms with van der Waals surface area (Å²) in [4.78, 5) is 15.1. The Balaban J connectivity index is 0.000000829. The lowest BCUT2D eigenvalue weighted by molar-refractivity contribution is 0.415. The normalized spacial score (nSPS) is 9.20. The van der Waals surface area contributed by atoms with E-state index in [-0.39, 0.29) is 5.43 Å². The zero-order valence-corrected chi connectivity index (χ0v) is 14.1. The van der Waals surface area contributed by atoms with Crippen molar-refractivity contribution in [2.24, 2.45) is 0 Å². The van der Waals surface area contributed by atoms with Gasteiger partial charge in [0, 0.05) is 22.7 Å². The molecule has 0 saturated heterocycles. The molecular formula is C16H24ClNO2. The number of aromatic nitrogens is 1. The summed E-state index contributed by atoms with van der Waals surface area (Å²) in [5.74, 6) is 0.563. The van der Waals surface area contributed by atoms with Gasteiger partial charge in [0.1, 0.15) is 5.75 Å². The van der Waals surface area contributed by atoms with Crippen molar-refractivity contribution in [3.8, 4) is 5.75 Å². The van der Waals surface area contributed by atoms with Gasteiger partial charge in [-0.15, -0.1) is 0 Å². The molecule has 1 heterocycles. The Morgan fingerprint density at radius 2 is 1.65 bits per heavy atom. The second kappa shape index (κ2) is 8.64. The molecule has 0 saturated carbocycles. The number of halogens is 1. The minimum Gasteiger partial charge on any atom is -0.495 e. The van der Waals surface area contributed by atoms with Gasteiger partial charge in [-0.05, 0) is 19.9 Å². The van der Waals surface area contributed by atoms with Gasteiger partial charge in [0.25, 0.3) is 0 Å². The number of nitrogens with one attached hydrogen (secondary N) is 1. The first-order valence-corrected chi connectivity index (χ1v) is 7.29. The number of pyridine rings is 1. The van der Waals surface area contributed by atoms with Crippen LogP contribution in [-0.4, -0.2) is 12.1 Å². The van der Waals surface area contributed by atoms with Gasteiger partial charge in [-0.3, -0.25) is 4.79 Å². The van der Waals surface area contributed by atoms with Crippen LogP contribution >= 0.6 is 11.6 Å². The number of benzene rings is 1. The smallest absolute Gasteiger partial charge is 0.192 e. The van der Waals surface area contributed by atoms with E-state index >= 15 is 0 Å². The maximum atomic E-state index is 12.0. The van der Waals surface area contributed by atoms with E-state index in [1.807, 2.05) is 34.6 Å². The number of aromatic amines is 1. The van der Waals surface area contributed by atoms with Crippen molar-refractivity contribution in [3.63, 3.8) is 0 Å². The Morgan fingerprint density at radius 1 is 1.10 bits per heavy atom. The summed E-state index contributed by atoms with van der Waals surface area (Å²) in [7, 11) is 1.55. The highest BCUT2D eigenvalue weighted by molar-refractivity contribution is 6.32. The SMILES string of the molecule is CC.CC.COc1cc2[nH]c(C)c(C)c(=O)c2cc1Cl. The number of methoxy groups -OCH3 is 1. The summed E-state index contributed by atoms with van der Waals surface area (Å²) in [6, 6.07) is 3.38. The van der Waals surface area contributed by atoms with E-state index in [4.69, 9.17) is 16.3 Å². The Labute approximate surface area is 125 Å². The van der Waals surface area contributed by atoms with Crippen molar-refractivity contribution in [2.75, 3.05) is 7.11 Å². The van der Waals surface area contributed by atoms with E-state index in [1.54, 1.807) is 26.2 Å². The third kappa shape index (κ3) is 3.76. The van der Waals surface area contributed by atoms with Crippen molar-refractivity contribution in [2.45, 2.75) is 41.5 Å². The fourth-order valence-electron chi connectivity index (χ4n) is 1.67. The van der Waals surface area contributed by atoms with Crippen LogP contribution < -0.4 is 10.2 Å². The maximum Gasteiger partial charge on any atom is 0.192 e. The van der Waals surface area contributed by atoms with Gasteiger partial charge < -0.3 is 9.72 Å². The van der Waals surface area contributed by atoms with Crippen LogP contribution in [0, 0.1) is 13.8 Å². The minimum atomic E-state index is 0.0100. The molecule has 1 N–H and O–H groups in total. The van der Waals surface area contributed by atoms with Gasteiger partial charge in [0.15, 0.2) is 5.43 Å². The molecule has 4 heteroatoms. The highest BCUT2D eigenvalue weighted by Crippen LogP contribution is 2.28. The lowest BCUT2D eigenvalue weighted by Crippen LogP contribution is -2.09. The lowest BCUT2D eigenvalue weighted by Gasteiger charge is -2.07. The summed E-state index contributed by atoms with van der Waals surface area (Å²) >= 11 is 5.99. The van der Waals surface area contributed by atoms with Crippen LogP contribution in [0.25, 0.3) is 10.9 Å². The predicted octanol–water partition coefficient (Wildman–Crippen LogP) is 4.86. The van der Waals surface area contributed by atoms with Crippen LogP contribution in [0.1, 0.15) is 39.0 Å². The Morgan fingerprint density at radius 3 is 2.15 bits per heavy atom. The quantitative estimate of drug-likeness (QED) is 0.817. The second-order valence-corrected chi connectivity index (χ2v) is 4.14. The Hall–Kier alpha value is -1.48. The van der Waals surface area contributed by atoms with Gasteiger partial charge in [-0.25, -0.2) is 0 Å². The number of H-pyrrole nitrogens is 1. The Bertz CT molecular complexity index is 618. The molecule has 0 amide bonds. The average molecular weight is 298 g/mol. The summed E-state index contributed by atoms with van der Waals surface area (Å²) in [6.45, 7) is 11.7. The van der Waals surface area contributed by atoms with E-state index in [9.17, 15) is 4.79 Å². The van der Waals surface area contributed by atoms with Crippen molar-refractivity contribution >= 4 is 22.5 Å². The summed E-state index contributed by atoms with van der Waals surface area (Å²) in [6.07, 6.45) is 0. The fourth-order valence-corrected chi connectivity index (χ4v) is 1.91. The monoisotopic (exact) mass is 297 g/mol. The number of fused-ring (bicyclic) bond motifs is 1. The molecule has 0 radical (unpaired) electrons. The number of hydrogen-bond acceptors (Lipinski definition) is 2. The fraction of sp³-hybridized carbons (Fsp3) is 0.438. The molecule has 2 rings (SSSR count). The molecule has 1 aromatic heterocycles. The average Bonchev–Trinajstić information content (AvgIpc) is 2.49. The van der Waals surface area contributed by atoms with Crippen LogP contribution in [0.3, 0.4) is 0 Å². The van der Waals surface area contributed by atoms with Gasteiger partial charge >= 0.3 is 0 Å². The molecule has 3 nitrogen and oxygen atoms in total. The molecule has 0 aliphatic heterocycles. The molecule has 112 valence electrons. The molecule has 0 aliphatic rings. The third-order valence-corrected chi connectivity index (χ3v) is 3.06. The molecule has 0 atom stereocenters. The van der Waals surface area contributed by atoms with Crippen LogP contribution in [-0.2, 0) is 0 Å². The highest BCUT2D eigenvalue weighted by Gasteiger charge is 2.09. The van der Waals surface area contributed by atoms with E-state index < -0.39 is 0 Å². The molecule has 0 spiro atoms. The largest absolute Gasteiger partial charge is 0.495 e.